The van der Waals surface area contributed by atoms with Crippen LogP contribution in [0.3, 0.4) is 0 Å². The van der Waals surface area contributed by atoms with Crippen molar-refractivity contribution in [3.8, 4) is 0 Å². The molecule has 0 spiro atoms. The molecule has 0 bridgehead atoms. The molecule has 2 amide bonds. The zero-order chi connectivity index (χ0) is 13.6. The van der Waals surface area contributed by atoms with Crippen LogP contribution in [0.4, 0.5) is 18.0 Å². The van der Waals surface area contributed by atoms with E-state index in [9.17, 15) is 18.0 Å². The number of nitrogens with one attached hydrogen (secondary N) is 1. The summed E-state index contributed by atoms with van der Waals surface area (Å²) in [6.45, 7) is 3.08. The third-order valence-electron chi connectivity index (χ3n) is 2.64. The Hall–Kier alpha value is -1.24. The molecule has 1 heterocycles. The van der Waals surface area contributed by atoms with Crippen molar-refractivity contribution in [3.63, 3.8) is 0 Å². The number of ether oxygens (including phenoxy) is 1. The fourth-order valence-corrected chi connectivity index (χ4v) is 1.82. The second-order valence-electron chi connectivity index (χ2n) is 4.06. The molecule has 1 rings (SSSR count). The molecule has 0 saturated carbocycles. The molecule has 1 aliphatic rings. The second-order valence-corrected chi connectivity index (χ2v) is 4.06. The Labute approximate surface area is 104 Å². The van der Waals surface area contributed by atoms with Crippen molar-refractivity contribution >= 4 is 6.03 Å². The minimum Gasteiger partial charge on any atom is -0.381 e. The second kappa shape index (κ2) is 6.63. The van der Waals surface area contributed by atoms with Crippen LogP contribution < -0.4 is 5.32 Å². The highest BCUT2D eigenvalue weighted by atomic mass is 19.4. The molecule has 0 atom stereocenters. The lowest BCUT2D eigenvalue weighted by Gasteiger charge is -2.34. The van der Waals surface area contributed by atoms with Gasteiger partial charge in [0.15, 0.2) is 0 Å². The number of halogens is 3. The number of nitrogens with zero attached hydrogens (tertiary/aromatic N) is 1. The first kappa shape index (κ1) is 14.8. The largest absolute Gasteiger partial charge is 0.406 e. The number of rotatable bonds is 4. The summed E-state index contributed by atoms with van der Waals surface area (Å²) >= 11 is 0. The van der Waals surface area contributed by atoms with Crippen LogP contribution in [-0.4, -0.2) is 49.5 Å². The Morgan fingerprint density at radius 1 is 1.44 bits per heavy atom. The van der Waals surface area contributed by atoms with Gasteiger partial charge in [-0.15, -0.1) is 6.58 Å². The van der Waals surface area contributed by atoms with Crippen molar-refractivity contribution in [1.82, 2.24) is 10.2 Å². The zero-order valence-corrected chi connectivity index (χ0v) is 10.0. The first-order chi connectivity index (χ1) is 8.44. The molecule has 0 aromatic rings. The quantitative estimate of drug-likeness (QED) is 0.790. The maximum atomic E-state index is 12.5. The van der Waals surface area contributed by atoms with E-state index in [1.807, 2.05) is 0 Å². The van der Waals surface area contributed by atoms with E-state index in [1.165, 1.54) is 6.08 Å². The summed E-state index contributed by atoms with van der Waals surface area (Å²) in [6.07, 6.45) is -2.12. The highest BCUT2D eigenvalue weighted by Gasteiger charge is 2.36. The molecule has 1 aliphatic heterocycles. The zero-order valence-electron chi connectivity index (χ0n) is 10.0. The van der Waals surface area contributed by atoms with Crippen molar-refractivity contribution in [2.45, 2.75) is 25.1 Å². The van der Waals surface area contributed by atoms with Crippen molar-refractivity contribution in [2.24, 2.45) is 0 Å². The number of hydrogen-bond acceptors (Lipinski definition) is 2. The van der Waals surface area contributed by atoms with Crippen molar-refractivity contribution in [3.05, 3.63) is 12.7 Å². The van der Waals surface area contributed by atoms with E-state index >= 15 is 0 Å². The molecular formula is C11H17F3N2O2. The molecule has 0 unspecified atom stereocenters. The first-order valence-corrected chi connectivity index (χ1v) is 5.74. The predicted octanol–water partition coefficient (Wildman–Crippen LogP) is 1.93. The monoisotopic (exact) mass is 266 g/mol. The van der Waals surface area contributed by atoms with Crippen LogP contribution in [0.1, 0.15) is 12.8 Å². The lowest BCUT2D eigenvalue weighted by molar-refractivity contribution is -0.146. The van der Waals surface area contributed by atoms with E-state index < -0.39 is 24.8 Å². The molecule has 1 N–H and O–H groups in total. The molecule has 18 heavy (non-hydrogen) atoms. The van der Waals surface area contributed by atoms with Gasteiger partial charge in [0, 0.05) is 25.8 Å². The summed E-state index contributed by atoms with van der Waals surface area (Å²) in [5.41, 5.74) is 0. The van der Waals surface area contributed by atoms with Crippen molar-refractivity contribution in [1.29, 1.82) is 0 Å². The first-order valence-electron chi connectivity index (χ1n) is 5.74. The van der Waals surface area contributed by atoms with E-state index in [-0.39, 0.29) is 6.54 Å². The van der Waals surface area contributed by atoms with E-state index in [0.717, 1.165) is 4.90 Å². The molecule has 0 aromatic carbocycles. The summed E-state index contributed by atoms with van der Waals surface area (Å²) < 4.78 is 42.5. The van der Waals surface area contributed by atoms with Gasteiger partial charge in [-0.05, 0) is 12.8 Å². The van der Waals surface area contributed by atoms with Crippen LogP contribution >= 0.6 is 0 Å². The molecule has 0 radical (unpaired) electrons. The fraction of sp³-hybridized carbons (Fsp3) is 0.727. The van der Waals surface area contributed by atoms with Crippen LogP contribution in [0.25, 0.3) is 0 Å². The van der Waals surface area contributed by atoms with Gasteiger partial charge >= 0.3 is 12.2 Å². The maximum Gasteiger partial charge on any atom is 0.406 e. The van der Waals surface area contributed by atoms with Crippen LogP contribution in [-0.2, 0) is 4.74 Å². The smallest absolute Gasteiger partial charge is 0.381 e. The summed E-state index contributed by atoms with van der Waals surface area (Å²) in [7, 11) is 0. The van der Waals surface area contributed by atoms with Crippen molar-refractivity contribution in [2.75, 3.05) is 26.3 Å². The molecule has 0 aromatic heterocycles. The number of hydrogen-bond donors (Lipinski definition) is 1. The maximum absolute atomic E-state index is 12.5. The Kier molecular flexibility index (Phi) is 5.46. The minimum absolute atomic E-state index is 0.149. The average molecular weight is 266 g/mol. The van der Waals surface area contributed by atoms with Gasteiger partial charge in [0.2, 0.25) is 0 Å². The summed E-state index contributed by atoms with van der Waals surface area (Å²) in [6, 6.07) is -1.13. The van der Waals surface area contributed by atoms with Gasteiger partial charge < -0.3 is 15.0 Å². The minimum atomic E-state index is -4.40. The topological polar surface area (TPSA) is 41.6 Å². The summed E-state index contributed by atoms with van der Waals surface area (Å²) in [5, 5.41) is 2.38. The lowest BCUT2D eigenvalue weighted by atomic mass is 10.1. The Morgan fingerprint density at radius 2 is 2.06 bits per heavy atom. The SMILES string of the molecule is C=CCNC(=O)N(CC(F)(F)F)C1CCOCC1. The van der Waals surface area contributed by atoms with E-state index in [2.05, 4.69) is 11.9 Å². The normalized spacial score (nSPS) is 17.3. The predicted molar refractivity (Wildman–Crippen MR) is 60.2 cm³/mol. The van der Waals surface area contributed by atoms with Gasteiger partial charge in [0.05, 0.1) is 0 Å². The number of carbonyl (C=O) groups is 1. The number of amides is 2. The standard InChI is InChI=1S/C11H17F3N2O2/c1-2-5-15-10(17)16(8-11(12,13)14)9-3-6-18-7-4-9/h2,9H,1,3-8H2,(H,15,17). The lowest BCUT2D eigenvalue weighted by Crippen LogP contribution is -2.51. The van der Waals surface area contributed by atoms with Crippen LogP contribution in [0.15, 0.2) is 12.7 Å². The highest BCUT2D eigenvalue weighted by Crippen LogP contribution is 2.22. The van der Waals surface area contributed by atoms with E-state index in [1.54, 1.807) is 0 Å². The fourth-order valence-electron chi connectivity index (χ4n) is 1.82. The van der Waals surface area contributed by atoms with Gasteiger partial charge in [0.25, 0.3) is 0 Å². The van der Waals surface area contributed by atoms with Crippen LogP contribution in [0.2, 0.25) is 0 Å². The van der Waals surface area contributed by atoms with Gasteiger partial charge in [-0.2, -0.15) is 13.2 Å². The van der Waals surface area contributed by atoms with Gasteiger partial charge in [-0.25, -0.2) is 4.79 Å². The van der Waals surface area contributed by atoms with Gasteiger partial charge in [-0.1, -0.05) is 6.08 Å². The third-order valence-corrected chi connectivity index (χ3v) is 2.64. The number of alkyl halides is 3. The molecular weight excluding hydrogens is 249 g/mol. The van der Waals surface area contributed by atoms with Crippen LogP contribution in [0.5, 0.6) is 0 Å². The Morgan fingerprint density at radius 3 is 2.56 bits per heavy atom. The molecule has 7 heteroatoms. The summed E-state index contributed by atoms with van der Waals surface area (Å²) in [4.78, 5) is 12.5. The van der Waals surface area contributed by atoms with Crippen molar-refractivity contribution < 1.29 is 22.7 Å². The average Bonchev–Trinajstić information content (AvgIpc) is 2.33. The Balaban J connectivity index is 2.66. The number of carbonyl (C=O) groups excluding carboxylic acids is 1. The molecule has 0 aliphatic carbocycles. The molecule has 1 fully saturated rings. The molecule has 1 saturated heterocycles. The van der Waals surface area contributed by atoms with Gasteiger partial charge in [0.1, 0.15) is 6.54 Å². The molecule has 104 valence electrons. The highest BCUT2D eigenvalue weighted by molar-refractivity contribution is 5.74. The Bertz CT molecular complexity index is 289. The van der Waals surface area contributed by atoms with Crippen LogP contribution in [0, 0.1) is 0 Å². The van der Waals surface area contributed by atoms with Gasteiger partial charge in [-0.3, -0.25) is 0 Å². The molecule has 4 nitrogen and oxygen atoms in total. The number of urea groups is 1. The van der Waals surface area contributed by atoms with E-state index in [0.29, 0.717) is 26.1 Å². The third kappa shape index (κ3) is 4.95. The van der Waals surface area contributed by atoms with E-state index in [4.69, 9.17) is 4.74 Å². The summed E-state index contributed by atoms with van der Waals surface area (Å²) in [5.74, 6) is 0.